The fourth-order valence-electron chi connectivity index (χ4n) is 2.83. The van der Waals surface area contributed by atoms with Crippen molar-refractivity contribution in [1.29, 1.82) is 0 Å². The second-order valence-electron chi connectivity index (χ2n) is 6.76. The average molecular weight is 366 g/mol. The standard InChI is InChI=1S/C17H26N4O3S/c1-11(2)8-13(10-18)20-16(22)9-12(3)19-17-14-6-4-5-7-15(14)25(23,24)21-17/h4-7,11-13H,8-10,18H2,1-3H3,(H,19,21)(H,20,22). The molecule has 0 fully saturated rings. The molecule has 0 bridgehead atoms. The number of fused-ring (bicyclic) bond motifs is 1. The summed E-state index contributed by atoms with van der Waals surface area (Å²) < 4.78 is 26.6. The van der Waals surface area contributed by atoms with E-state index >= 15 is 0 Å². The van der Waals surface area contributed by atoms with Gasteiger partial charge < -0.3 is 11.1 Å². The number of carbonyl (C=O) groups is 1. The lowest BCUT2D eigenvalue weighted by atomic mass is 10.0. The minimum atomic E-state index is -3.56. The van der Waals surface area contributed by atoms with Gasteiger partial charge in [-0.25, -0.2) is 8.42 Å². The highest BCUT2D eigenvalue weighted by molar-refractivity contribution is 7.90. The molecule has 2 unspecified atom stereocenters. The summed E-state index contributed by atoms with van der Waals surface area (Å²) >= 11 is 0. The Kier molecular flexibility index (Phi) is 6.18. The molecule has 7 nitrogen and oxygen atoms in total. The number of aliphatic imine (C=N–C) groups is 1. The molecule has 1 aromatic rings. The lowest BCUT2D eigenvalue weighted by Crippen LogP contribution is -2.41. The number of amidine groups is 1. The Morgan fingerprint density at radius 1 is 1.28 bits per heavy atom. The Hall–Kier alpha value is -1.93. The lowest BCUT2D eigenvalue weighted by molar-refractivity contribution is -0.122. The van der Waals surface area contributed by atoms with E-state index < -0.39 is 10.0 Å². The van der Waals surface area contributed by atoms with Crippen LogP contribution in [0, 0.1) is 5.92 Å². The fourth-order valence-corrected chi connectivity index (χ4v) is 4.07. The first-order valence-corrected chi connectivity index (χ1v) is 9.90. The van der Waals surface area contributed by atoms with Gasteiger partial charge in [-0.05, 0) is 31.4 Å². The molecular formula is C17H26N4O3S. The van der Waals surface area contributed by atoms with Gasteiger partial charge in [0.25, 0.3) is 10.0 Å². The Labute approximate surface area is 149 Å². The van der Waals surface area contributed by atoms with E-state index in [0.717, 1.165) is 6.42 Å². The number of carbonyl (C=O) groups excluding carboxylic acids is 1. The Balaban J connectivity index is 2.04. The summed E-state index contributed by atoms with van der Waals surface area (Å²) in [5.74, 6) is 0.589. The van der Waals surface area contributed by atoms with E-state index in [-0.39, 0.29) is 35.1 Å². The largest absolute Gasteiger partial charge is 0.352 e. The highest BCUT2D eigenvalue weighted by Gasteiger charge is 2.30. The molecule has 1 aromatic carbocycles. The van der Waals surface area contributed by atoms with E-state index in [1.54, 1.807) is 25.1 Å². The van der Waals surface area contributed by atoms with Crippen molar-refractivity contribution >= 4 is 21.8 Å². The third kappa shape index (κ3) is 5.02. The van der Waals surface area contributed by atoms with Crippen LogP contribution in [0.4, 0.5) is 0 Å². The minimum Gasteiger partial charge on any atom is -0.352 e. The van der Waals surface area contributed by atoms with Crippen LogP contribution in [0.15, 0.2) is 34.2 Å². The zero-order valence-electron chi connectivity index (χ0n) is 14.8. The summed E-state index contributed by atoms with van der Waals surface area (Å²) in [6.45, 7) is 6.32. The van der Waals surface area contributed by atoms with Crippen molar-refractivity contribution in [3.63, 3.8) is 0 Å². The second kappa shape index (κ2) is 7.97. The van der Waals surface area contributed by atoms with Crippen LogP contribution in [-0.2, 0) is 14.8 Å². The predicted octanol–water partition coefficient (Wildman–Crippen LogP) is 0.993. The molecule has 0 aliphatic carbocycles. The molecule has 1 aliphatic heterocycles. The molecule has 4 N–H and O–H groups in total. The van der Waals surface area contributed by atoms with Gasteiger partial charge in [-0.2, -0.15) is 0 Å². The van der Waals surface area contributed by atoms with Gasteiger partial charge in [0.15, 0.2) is 0 Å². The summed E-state index contributed by atoms with van der Waals surface area (Å²) in [5.41, 5.74) is 6.23. The number of sulfonamides is 1. The maximum atomic E-state index is 12.2. The van der Waals surface area contributed by atoms with E-state index in [1.807, 2.05) is 0 Å². The molecule has 0 saturated heterocycles. The van der Waals surface area contributed by atoms with E-state index in [1.165, 1.54) is 6.07 Å². The first-order chi connectivity index (χ1) is 11.7. The topological polar surface area (TPSA) is 114 Å². The van der Waals surface area contributed by atoms with Crippen LogP contribution >= 0.6 is 0 Å². The number of nitrogens with one attached hydrogen (secondary N) is 2. The number of hydrogen-bond donors (Lipinski definition) is 3. The summed E-state index contributed by atoms with van der Waals surface area (Å²) in [6.07, 6.45) is 0.986. The predicted molar refractivity (Wildman–Crippen MR) is 97.8 cm³/mol. The third-order valence-corrected chi connectivity index (χ3v) is 5.30. The summed E-state index contributed by atoms with van der Waals surface area (Å²) in [7, 11) is -3.56. The molecule has 2 atom stereocenters. The monoisotopic (exact) mass is 366 g/mol. The Bertz CT molecular complexity index is 759. The zero-order chi connectivity index (χ0) is 18.6. The van der Waals surface area contributed by atoms with E-state index in [2.05, 4.69) is 28.9 Å². The smallest absolute Gasteiger partial charge is 0.263 e. The van der Waals surface area contributed by atoms with Crippen molar-refractivity contribution < 1.29 is 13.2 Å². The molecule has 1 amide bonds. The van der Waals surface area contributed by atoms with E-state index in [9.17, 15) is 13.2 Å². The van der Waals surface area contributed by atoms with Crippen LogP contribution in [0.5, 0.6) is 0 Å². The first kappa shape index (κ1) is 19.4. The Morgan fingerprint density at radius 2 is 1.96 bits per heavy atom. The zero-order valence-corrected chi connectivity index (χ0v) is 15.6. The van der Waals surface area contributed by atoms with Gasteiger partial charge in [0.1, 0.15) is 5.84 Å². The van der Waals surface area contributed by atoms with Crippen LogP contribution in [0.2, 0.25) is 0 Å². The van der Waals surface area contributed by atoms with Crippen molar-refractivity contribution in [2.24, 2.45) is 16.6 Å². The highest BCUT2D eigenvalue weighted by atomic mass is 32.2. The van der Waals surface area contributed by atoms with Gasteiger partial charge in [-0.1, -0.05) is 26.0 Å². The summed E-state index contributed by atoms with van der Waals surface area (Å²) in [6, 6.07) is 6.24. The van der Waals surface area contributed by atoms with Gasteiger partial charge in [0.2, 0.25) is 5.91 Å². The fraction of sp³-hybridized carbons (Fsp3) is 0.529. The maximum absolute atomic E-state index is 12.2. The quantitative estimate of drug-likeness (QED) is 0.668. The number of benzene rings is 1. The first-order valence-electron chi connectivity index (χ1n) is 8.42. The molecule has 1 heterocycles. The molecule has 0 spiro atoms. The molecule has 8 heteroatoms. The van der Waals surface area contributed by atoms with Gasteiger partial charge in [-0.15, -0.1) is 0 Å². The lowest BCUT2D eigenvalue weighted by Gasteiger charge is -2.19. The third-order valence-electron chi connectivity index (χ3n) is 3.90. The number of amides is 1. The normalized spacial score (nSPS) is 19.3. The van der Waals surface area contributed by atoms with Crippen molar-refractivity contribution in [3.05, 3.63) is 29.8 Å². The molecule has 2 rings (SSSR count). The summed E-state index contributed by atoms with van der Waals surface area (Å²) in [5, 5.41) is 2.92. The number of hydrogen-bond acceptors (Lipinski definition) is 5. The second-order valence-corrected chi connectivity index (χ2v) is 8.41. The van der Waals surface area contributed by atoms with Crippen molar-refractivity contribution in [2.75, 3.05) is 6.54 Å². The highest BCUT2D eigenvalue weighted by Crippen LogP contribution is 2.22. The van der Waals surface area contributed by atoms with E-state index in [4.69, 9.17) is 5.73 Å². The number of nitrogens with two attached hydrogens (primary N) is 1. The van der Waals surface area contributed by atoms with Crippen molar-refractivity contribution in [1.82, 2.24) is 10.0 Å². The van der Waals surface area contributed by atoms with Gasteiger partial charge in [0, 0.05) is 24.6 Å². The molecule has 0 saturated carbocycles. The SMILES string of the molecule is CC(C)CC(CN)NC(=O)CC(C)N=C1NS(=O)(=O)c2ccccc21. The molecular weight excluding hydrogens is 340 g/mol. The minimum absolute atomic E-state index is 0.0573. The van der Waals surface area contributed by atoms with Gasteiger partial charge >= 0.3 is 0 Å². The van der Waals surface area contributed by atoms with Gasteiger partial charge in [-0.3, -0.25) is 14.5 Å². The van der Waals surface area contributed by atoms with Crippen LogP contribution < -0.4 is 15.8 Å². The average Bonchev–Trinajstić information content (AvgIpc) is 2.77. The maximum Gasteiger partial charge on any atom is 0.263 e. The molecule has 0 radical (unpaired) electrons. The molecule has 138 valence electrons. The van der Waals surface area contributed by atoms with Crippen LogP contribution in [0.3, 0.4) is 0 Å². The summed E-state index contributed by atoms with van der Waals surface area (Å²) in [4.78, 5) is 16.8. The number of rotatable bonds is 7. The van der Waals surface area contributed by atoms with Gasteiger partial charge in [0.05, 0.1) is 10.9 Å². The van der Waals surface area contributed by atoms with Crippen molar-refractivity contribution in [2.45, 2.75) is 50.6 Å². The molecule has 0 aromatic heterocycles. The number of nitrogens with zero attached hydrogens (tertiary/aromatic N) is 1. The van der Waals surface area contributed by atoms with Crippen LogP contribution in [-0.4, -0.2) is 38.8 Å². The van der Waals surface area contributed by atoms with Crippen LogP contribution in [0.25, 0.3) is 0 Å². The van der Waals surface area contributed by atoms with E-state index in [0.29, 0.717) is 18.0 Å². The molecule has 1 aliphatic rings. The Morgan fingerprint density at radius 3 is 2.60 bits per heavy atom. The van der Waals surface area contributed by atoms with Crippen LogP contribution in [0.1, 0.15) is 39.2 Å². The molecule has 25 heavy (non-hydrogen) atoms. The van der Waals surface area contributed by atoms with Crippen molar-refractivity contribution in [3.8, 4) is 0 Å².